The number of carbonyl (C=O) groups is 1. The SMILES string of the molecule is Cc1ccc(C(=O)N2CCNCC2)cc1Cl.Cl. The molecule has 1 amide bonds. The molecule has 1 N–H and O–H groups in total. The van der Waals surface area contributed by atoms with Gasteiger partial charge in [0.2, 0.25) is 0 Å². The van der Waals surface area contributed by atoms with Crippen LogP contribution in [0.25, 0.3) is 0 Å². The average Bonchev–Trinajstić information content (AvgIpc) is 2.33. The van der Waals surface area contributed by atoms with Gasteiger partial charge in [-0.2, -0.15) is 0 Å². The van der Waals surface area contributed by atoms with Gasteiger partial charge in [-0.25, -0.2) is 0 Å². The standard InChI is InChI=1S/C12H15ClN2O.ClH/c1-9-2-3-10(8-11(9)13)12(16)15-6-4-14-5-7-15;/h2-3,8,14H,4-7H2,1H3;1H. The largest absolute Gasteiger partial charge is 0.336 e. The third-order valence-electron chi connectivity index (χ3n) is 2.82. The zero-order valence-electron chi connectivity index (χ0n) is 9.70. The number of aryl methyl sites for hydroxylation is 1. The molecule has 1 aromatic rings. The van der Waals surface area contributed by atoms with E-state index in [1.807, 2.05) is 24.0 Å². The first-order valence-electron chi connectivity index (χ1n) is 5.44. The highest BCUT2D eigenvalue weighted by Crippen LogP contribution is 2.18. The molecule has 1 saturated heterocycles. The Kier molecular flexibility index (Phi) is 5.25. The predicted molar refractivity (Wildman–Crippen MR) is 72.2 cm³/mol. The number of amides is 1. The minimum atomic E-state index is 0. The van der Waals surface area contributed by atoms with Crippen molar-refractivity contribution in [2.24, 2.45) is 0 Å². The number of nitrogens with one attached hydrogen (secondary N) is 1. The van der Waals surface area contributed by atoms with E-state index < -0.39 is 0 Å². The van der Waals surface area contributed by atoms with Crippen molar-refractivity contribution >= 4 is 29.9 Å². The van der Waals surface area contributed by atoms with Gasteiger partial charge in [0.25, 0.3) is 5.91 Å². The summed E-state index contributed by atoms with van der Waals surface area (Å²) in [6.07, 6.45) is 0. The van der Waals surface area contributed by atoms with E-state index in [4.69, 9.17) is 11.6 Å². The summed E-state index contributed by atoms with van der Waals surface area (Å²) in [4.78, 5) is 14.0. The van der Waals surface area contributed by atoms with E-state index in [0.29, 0.717) is 10.6 Å². The lowest BCUT2D eigenvalue weighted by atomic mass is 10.1. The van der Waals surface area contributed by atoms with Crippen molar-refractivity contribution in [3.8, 4) is 0 Å². The van der Waals surface area contributed by atoms with Gasteiger partial charge in [-0.05, 0) is 24.6 Å². The molecular formula is C12H16Cl2N2O. The van der Waals surface area contributed by atoms with Crippen molar-refractivity contribution < 1.29 is 4.79 Å². The van der Waals surface area contributed by atoms with E-state index >= 15 is 0 Å². The Morgan fingerprint density at radius 2 is 2.00 bits per heavy atom. The van der Waals surface area contributed by atoms with Gasteiger partial charge in [-0.1, -0.05) is 17.7 Å². The van der Waals surface area contributed by atoms with E-state index in [1.54, 1.807) is 6.07 Å². The van der Waals surface area contributed by atoms with Crippen molar-refractivity contribution in [3.05, 3.63) is 34.3 Å². The maximum absolute atomic E-state index is 12.1. The molecule has 0 radical (unpaired) electrons. The first-order chi connectivity index (χ1) is 7.68. The van der Waals surface area contributed by atoms with Crippen LogP contribution >= 0.6 is 24.0 Å². The Balaban J connectivity index is 0.00000144. The molecule has 17 heavy (non-hydrogen) atoms. The monoisotopic (exact) mass is 274 g/mol. The maximum atomic E-state index is 12.1. The number of benzene rings is 1. The lowest BCUT2D eigenvalue weighted by Gasteiger charge is -2.27. The lowest BCUT2D eigenvalue weighted by molar-refractivity contribution is 0.0736. The van der Waals surface area contributed by atoms with E-state index in [1.165, 1.54) is 0 Å². The summed E-state index contributed by atoms with van der Waals surface area (Å²) in [6.45, 7) is 5.20. The molecule has 1 aliphatic rings. The fourth-order valence-corrected chi connectivity index (χ4v) is 1.96. The van der Waals surface area contributed by atoms with Crippen LogP contribution in [0.3, 0.4) is 0 Å². The molecule has 0 aromatic heterocycles. The minimum Gasteiger partial charge on any atom is -0.336 e. The highest BCUT2D eigenvalue weighted by atomic mass is 35.5. The van der Waals surface area contributed by atoms with Gasteiger partial charge in [0.15, 0.2) is 0 Å². The second kappa shape index (κ2) is 6.24. The number of rotatable bonds is 1. The van der Waals surface area contributed by atoms with Crippen LogP contribution in [0, 0.1) is 6.92 Å². The predicted octanol–water partition coefficient (Wildman–Crippen LogP) is 2.12. The van der Waals surface area contributed by atoms with Gasteiger partial charge in [0, 0.05) is 36.8 Å². The van der Waals surface area contributed by atoms with E-state index in [0.717, 1.165) is 31.7 Å². The highest BCUT2D eigenvalue weighted by molar-refractivity contribution is 6.31. The zero-order chi connectivity index (χ0) is 11.5. The Hall–Kier alpha value is -0.770. The number of piperazine rings is 1. The number of hydrogen-bond acceptors (Lipinski definition) is 2. The quantitative estimate of drug-likeness (QED) is 0.851. The van der Waals surface area contributed by atoms with Crippen molar-refractivity contribution in [2.45, 2.75) is 6.92 Å². The summed E-state index contributed by atoms with van der Waals surface area (Å²) in [5, 5.41) is 3.88. The molecular weight excluding hydrogens is 259 g/mol. The first kappa shape index (κ1) is 14.3. The Morgan fingerprint density at radius 3 is 2.59 bits per heavy atom. The van der Waals surface area contributed by atoms with E-state index in [2.05, 4.69) is 5.32 Å². The van der Waals surface area contributed by atoms with Crippen molar-refractivity contribution in [3.63, 3.8) is 0 Å². The number of carbonyl (C=O) groups excluding carboxylic acids is 1. The summed E-state index contributed by atoms with van der Waals surface area (Å²) in [5.74, 6) is 0.0726. The molecule has 0 aliphatic carbocycles. The molecule has 0 bridgehead atoms. The normalized spacial score (nSPS) is 15.3. The average molecular weight is 275 g/mol. The molecule has 0 unspecified atom stereocenters. The molecule has 3 nitrogen and oxygen atoms in total. The fraction of sp³-hybridized carbons (Fsp3) is 0.417. The van der Waals surface area contributed by atoms with E-state index in [9.17, 15) is 4.79 Å². The lowest BCUT2D eigenvalue weighted by Crippen LogP contribution is -2.46. The van der Waals surface area contributed by atoms with Crippen molar-refractivity contribution in [2.75, 3.05) is 26.2 Å². The molecule has 1 aliphatic heterocycles. The van der Waals surface area contributed by atoms with Crippen LogP contribution in [0.2, 0.25) is 5.02 Å². The second-order valence-corrected chi connectivity index (χ2v) is 4.41. The van der Waals surface area contributed by atoms with Gasteiger partial charge < -0.3 is 10.2 Å². The van der Waals surface area contributed by atoms with Gasteiger partial charge in [-0.3, -0.25) is 4.79 Å². The topological polar surface area (TPSA) is 32.3 Å². The maximum Gasteiger partial charge on any atom is 0.253 e. The molecule has 0 saturated carbocycles. The van der Waals surface area contributed by atoms with Gasteiger partial charge in [0.05, 0.1) is 0 Å². The Morgan fingerprint density at radius 1 is 1.35 bits per heavy atom. The summed E-state index contributed by atoms with van der Waals surface area (Å²) >= 11 is 6.01. The molecule has 2 rings (SSSR count). The van der Waals surface area contributed by atoms with Gasteiger partial charge in [-0.15, -0.1) is 12.4 Å². The molecule has 94 valence electrons. The van der Waals surface area contributed by atoms with Crippen LogP contribution in [-0.2, 0) is 0 Å². The van der Waals surface area contributed by atoms with Crippen molar-refractivity contribution in [1.29, 1.82) is 0 Å². The van der Waals surface area contributed by atoms with Crippen LogP contribution in [-0.4, -0.2) is 37.0 Å². The third kappa shape index (κ3) is 3.35. The fourth-order valence-electron chi connectivity index (χ4n) is 1.78. The number of nitrogens with zero attached hydrogens (tertiary/aromatic N) is 1. The number of hydrogen-bond donors (Lipinski definition) is 1. The van der Waals surface area contributed by atoms with Crippen LogP contribution in [0.1, 0.15) is 15.9 Å². The summed E-state index contributed by atoms with van der Waals surface area (Å²) in [7, 11) is 0. The molecule has 1 fully saturated rings. The zero-order valence-corrected chi connectivity index (χ0v) is 11.3. The molecule has 0 spiro atoms. The van der Waals surface area contributed by atoms with Crippen LogP contribution in [0.5, 0.6) is 0 Å². The van der Waals surface area contributed by atoms with E-state index in [-0.39, 0.29) is 18.3 Å². The highest BCUT2D eigenvalue weighted by Gasteiger charge is 2.18. The Bertz CT molecular complexity index is 403. The van der Waals surface area contributed by atoms with Gasteiger partial charge in [0.1, 0.15) is 0 Å². The first-order valence-corrected chi connectivity index (χ1v) is 5.82. The summed E-state index contributed by atoms with van der Waals surface area (Å²) in [6, 6.07) is 5.48. The van der Waals surface area contributed by atoms with Crippen molar-refractivity contribution in [1.82, 2.24) is 10.2 Å². The minimum absolute atomic E-state index is 0. The number of halogens is 2. The smallest absolute Gasteiger partial charge is 0.253 e. The molecule has 1 heterocycles. The van der Waals surface area contributed by atoms with Crippen LogP contribution < -0.4 is 5.32 Å². The Labute approximate surface area is 113 Å². The molecule has 1 aromatic carbocycles. The van der Waals surface area contributed by atoms with Crippen LogP contribution in [0.4, 0.5) is 0 Å². The summed E-state index contributed by atoms with van der Waals surface area (Å²) in [5.41, 5.74) is 1.68. The molecule has 5 heteroatoms. The second-order valence-electron chi connectivity index (χ2n) is 4.01. The van der Waals surface area contributed by atoms with Gasteiger partial charge >= 0.3 is 0 Å². The van der Waals surface area contributed by atoms with Crippen LogP contribution in [0.15, 0.2) is 18.2 Å². The molecule has 0 atom stereocenters. The third-order valence-corrected chi connectivity index (χ3v) is 3.23. The summed E-state index contributed by atoms with van der Waals surface area (Å²) < 4.78 is 0.